The van der Waals surface area contributed by atoms with E-state index in [2.05, 4.69) is 13.8 Å². The van der Waals surface area contributed by atoms with E-state index < -0.39 is 0 Å². The minimum Gasteiger partial charge on any atom is -0.463 e. The third-order valence-electron chi connectivity index (χ3n) is 6.13. The maximum absolute atomic E-state index is 12.4. The van der Waals surface area contributed by atoms with Gasteiger partial charge in [0.2, 0.25) is 0 Å². The lowest BCUT2D eigenvalue weighted by Crippen LogP contribution is -2.25. The molecule has 1 aliphatic carbocycles. The summed E-state index contributed by atoms with van der Waals surface area (Å²) in [6.07, 6.45) is 16.8. The summed E-state index contributed by atoms with van der Waals surface area (Å²) < 4.78 is 10.8. The van der Waals surface area contributed by atoms with Crippen LogP contribution < -0.4 is 4.74 Å². The summed E-state index contributed by atoms with van der Waals surface area (Å²) in [5.41, 5.74) is 0.872. The zero-order valence-electron chi connectivity index (χ0n) is 19.4. The van der Waals surface area contributed by atoms with Gasteiger partial charge in [-0.15, -0.1) is 0 Å². The molecule has 0 atom stereocenters. The van der Waals surface area contributed by atoms with Crippen LogP contribution in [0.4, 0.5) is 0 Å². The van der Waals surface area contributed by atoms with Crippen molar-refractivity contribution in [2.24, 2.45) is 11.8 Å². The summed E-state index contributed by atoms with van der Waals surface area (Å²) in [5.74, 6) is 0.925. The molecule has 0 heterocycles. The van der Waals surface area contributed by atoms with Gasteiger partial charge in [-0.25, -0.2) is 4.79 Å². The van der Waals surface area contributed by atoms with Gasteiger partial charge in [-0.1, -0.05) is 70.9 Å². The van der Waals surface area contributed by atoms with Crippen molar-refractivity contribution in [2.75, 3.05) is 6.61 Å². The maximum Gasteiger partial charge on any atom is 0.330 e. The number of ether oxygens (including phenoxy) is 2. The molecule has 1 saturated carbocycles. The average molecular weight is 429 g/mol. The van der Waals surface area contributed by atoms with E-state index in [-0.39, 0.29) is 17.9 Å². The second-order valence-electron chi connectivity index (χ2n) is 8.77. The molecule has 0 amide bonds. The molecule has 1 aromatic carbocycles. The summed E-state index contributed by atoms with van der Waals surface area (Å²) in [5, 5.41) is 0. The Balaban J connectivity index is 1.66. The first kappa shape index (κ1) is 25.2. The lowest BCUT2D eigenvalue weighted by Gasteiger charge is -2.26. The number of esters is 2. The quantitative estimate of drug-likeness (QED) is 0.145. The van der Waals surface area contributed by atoms with Gasteiger partial charge in [-0.3, -0.25) is 4.79 Å². The second-order valence-corrected chi connectivity index (χ2v) is 8.77. The third-order valence-corrected chi connectivity index (χ3v) is 6.13. The predicted octanol–water partition coefficient (Wildman–Crippen LogP) is 7.12. The monoisotopic (exact) mass is 428 g/mol. The molecule has 31 heavy (non-hydrogen) atoms. The second kappa shape index (κ2) is 14.8. The number of hydrogen-bond acceptors (Lipinski definition) is 4. The molecular formula is C27H40O4. The molecule has 0 aliphatic heterocycles. The van der Waals surface area contributed by atoms with Gasteiger partial charge in [-0.2, -0.15) is 0 Å². The van der Waals surface area contributed by atoms with Gasteiger partial charge in [0.15, 0.2) is 0 Å². The van der Waals surface area contributed by atoms with Gasteiger partial charge in [0, 0.05) is 6.08 Å². The van der Waals surface area contributed by atoms with E-state index in [1.807, 2.05) is 12.1 Å². The van der Waals surface area contributed by atoms with Gasteiger partial charge in [-0.05, 0) is 61.8 Å². The van der Waals surface area contributed by atoms with Crippen molar-refractivity contribution < 1.29 is 19.1 Å². The van der Waals surface area contributed by atoms with E-state index in [1.54, 1.807) is 18.2 Å². The van der Waals surface area contributed by atoms with Gasteiger partial charge >= 0.3 is 11.9 Å². The Morgan fingerprint density at radius 1 is 0.903 bits per heavy atom. The highest BCUT2D eigenvalue weighted by Gasteiger charge is 2.27. The van der Waals surface area contributed by atoms with Crippen LogP contribution in [0.2, 0.25) is 0 Å². The summed E-state index contributed by atoms with van der Waals surface area (Å²) in [6, 6.07) is 7.25. The van der Waals surface area contributed by atoms with Crippen LogP contribution in [0.25, 0.3) is 6.08 Å². The minimum absolute atomic E-state index is 0.0223. The van der Waals surface area contributed by atoms with Crippen LogP contribution in [0.15, 0.2) is 30.3 Å². The summed E-state index contributed by atoms with van der Waals surface area (Å²) in [7, 11) is 0. The molecule has 0 radical (unpaired) electrons. The Morgan fingerprint density at radius 2 is 1.58 bits per heavy atom. The minimum atomic E-state index is -0.317. The summed E-state index contributed by atoms with van der Waals surface area (Å²) >= 11 is 0. The van der Waals surface area contributed by atoms with Crippen molar-refractivity contribution in [2.45, 2.75) is 90.9 Å². The SMILES string of the molecule is CCCCCCCCOC(=O)C=Cc1ccc(OC(=O)C2CCC(CCC)CC2)cc1. The van der Waals surface area contributed by atoms with Gasteiger partial charge in [0.25, 0.3) is 0 Å². The fourth-order valence-electron chi connectivity index (χ4n) is 4.21. The van der Waals surface area contributed by atoms with Crippen molar-refractivity contribution in [3.05, 3.63) is 35.9 Å². The maximum atomic E-state index is 12.4. The van der Waals surface area contributed by atoms with Crippen LogP contribution in [0, 0.1) is 11.8 Å². The number of hydrogen-bond donors (Lipinski definition) is 0. The molecule has 1 fully saturated rings. The zero-order chi connectivity index (χ0) is 22.3. The number of unbranched alkanes of at least 4 members (excludes halogenated alkanes) is 5. The normalized spacial score (nSPS) is 18.8. The Hall–Kier alpha value is -2.10. The van der Waals surface area contributed by atoms with Crippen LogP contribution in [0.5, 0.6) is 5.75 Å². The van der Waals surface area contributed by atoms with E-state index in [4.69, 9.17) is 9.47 Å². The molecule has 0 aromatic heterocycles. The summed E-state index contributed by atoms with van der Waals surface area (Å²) in [6.45, 7) is 4.90. The topological polar surface area (TPSA) is 52.6 Å². The number of carbonyl (C=O) groups is 2. The number of rotatable bonds is 13. The van der Waals surface area contributed by atoms with Crippen LogP contribution in [0.3, 0.4) is 0 Å². The van der Waals surface area contributed by atoms with Gasteiger partial charge in [0.1, 0.15) is 5.75 Å². The molecule has 0 N–H and O–H groups in total. The molecule has 0 bridgehead atoms. The zero-order valence-corrected chi connectivity index (χ0v) is 19.4. The van der Waals surface area contributed by atoms with Crippen LogP contribution in [-0.4, -0.2) is 18.5 Å². The lowest BCUT2D eigenvalue weighted by molar-refractivity contribution is -0.140. The Kier molecular flexibility index (Phi) is 12.0. The van der Waals surface area contributed by atoms with Crippen molar-refractivity contribution in [1.82, 2.24) is 0 Å². The van der Waals surface area contributed by atoms with Crippen LogP contribution >= 0.6 is 0 Å². The molecule has 4 heteroatoms. The Bertz CT molecular complexity index is 669. The Morgan fingerprint density at radius 3 is 2.26 bits per heavy atom. The van der Waals surface area contributed by atoms with E-state index in [0.717, 1.165) is 50.0 Å². The fraction of sp³-hybridized carbons (Fsp3) is 0.630. The molecule has 172 valence electrons. The van der Waals surface area contributed by atoms with Crippen LogP contribution in [-0.2, 0) is 14.3 Å². The van der Waals surface area contributed by atoms with Crippen molar-refractivity contribution in [3.63, 3.8) is 0 Å². The van der Waals surface area contributed by atoms with Crippen molar-refractivity contribution in [3.8, 4) is 5.75 Å². The standard InChI is InChI=1S/C27H40O4/c1-3-5-6-7-8-9-21-30-26(28)20-15-23-13-18-25(19-14-23)31-27(29)24-16-11-22(10-4-2)12-17-24/h13-15,18-20,22,24H,3-12,16-17,21H2,1-2H3. The van der Waals surface area contributed by atoms with Gasteiger partial charge < -0.3 is 9.47 Å². The molecule has 0 spiro atoms. The Labute approximate surface area is 188 Å². The van der Waals surface area contributed by atoms with E-state index in [0.29, 0.717) is 12.4 Å². The molecule has 0 saturated heterocycles. The average Bonchev–Trinajstić information content (AvgIpc) is 2.78. The summed E-state index contributed by atoms with van der Waals surface area (Å²) in [4.78, 5) is 24.3. The van der Waals surface area contributed by atoms with E-state index in [9.17, 15) is 9.59 Å². The van der Waals surface area contributed by atoms with Crippen molar-refractivity contribution >= 4 is 18.0 Å². The molecule has 4 nitrogen and oxygen atoms in total. The molecule has 2 rings (SSSR count). The van der Waals surface area contributed by atoms with E-state index in [1.165, 1.54) is 44.6 Å². The third kappa shape index (κ3) is 10.2. The van der Waals surface area contributed by atoms with E-state index >= 15 is 0 Å². The smallest absolute Gasteiger partial charge is 0.330 e. The predicted molar refractivity (Wildman–Crippen MR) is 126 cm³/mol. The van der Waals surface area contributed by atoms with Gasteiger partial charge in [0.05, 0.1) is 12.5 Å². The highest BCUT2D eigenvalue weighted by Crippen LogP contribution is 2.32. The molecule has 1 aromatic rings. The largest absolute Gasteiger partial charge is 0.463 e. The highest BCUT2D eigenvalue weighted by molar-refractivity contribution is 5.87. The van der Waals surface area contributed by atoms with Crippen molar-refractivity contribution in [1.29, 1.82) is 0 Å². The molecular weight excluding hydrogens is 388 g/mol. The first-order valence-electron chi connectivity index (χ1n) is 12.3. The lowest BCUT2D eigenvalue weighted by atomic mass is 9.80. The fourth-order valence-corrected chi connectivity index (χ4v) is 4.21. The van der Waals surface area contributed by atoms with Crippen LogP contribution in [0.1, 0.15) is 96.5 Å². The molecule has 0 unspecified atom stereocenters. The number of carbonyl (C=O) groups excluding carboxylic acids is 2. The first-order chi connectivity index (χ1) is 15.1. The molecule has 1 aliphatic rings. The highest BCUT2D eigenvalue weighted by atomic mass is 16.5. The number of benzene rings is 1. The first-order valence-corrected chi connectivity index (χ1v) is 12.3.